The summed E-state index contributed by atoms with van der Waals surface area (Å²) in [7, 11) is 0. The summed E-state index contributed by atoms with van der Waals surface area (Å²) in [4.78, 5) is 20.9. The predicted molar refractivity (Wildman–Crippen MR) is 59.6 cm³/mol. The van der Waals surface area contributed by atoms with Crippen LogP contribution in [-0.4, -0.2) is 19.6 Å². The largest absolute Gasteiger partial charge is 0.277 e. The molecule has 5 nitrogen and oxygen atoms in total. The van der Waals surface area contributed by atoms with Crippen molar-refractivity contribution in [3.63, 3.8) is 0 Å². The van der Waals surface area contributed by atoms with Crippen LogP contribution in [0.5, 0.6) is 0 Å². The van der Waals surface area contributed by atoms with E-state index in [0.717, 1.165) is 49.2 Å². The van der Waals surface area contributed by atoms with Gasteiger partial charge in [-0.05, 0) is 25.7 Å². The van der Waals surface area contributed by atoms with Crippen molar-refractivity contribution in [3.05, 3.63) is 27.4 Å². The number of H-pyrrole nitrogens is 1. The van der Waals surface area contributed by atoms with Crippen molar-refractivity contribution in [2.24, 2.45) is 0 Å². The Kier molecular flexibility index (Phi) is 2.05. The number of fused-ring (bicyclic) bond motifs is 2. The predicted octanol–water partition coefficient (Wildman–Crippen LogP) is 0.859. The van der Waals surface area contributed by atoms with Crippen LogP contribution < -0.4 is 5.56 Å². The summed E-state index contributed by atoms with van der Waals surface area (Å²) >= 11 is 0. The van der Waals surface area contributed by atoms with E-state index >= 15 is 0 Å². The second kappa shape index (κ2) is 3.43. The zero-order valence-corrected chi connectivity index (χ0v) is 9.29. The molecule has 0 atom stereocenters. The first-order chi connectivity index (χ1) is 7.79. The van der Waals surface area contributed by atoms with Gasteiger partial charge in [-0.1, -0.05) is 6.92 Å². The van der Waals surface area contributed by atoms with Gasteiger partial charge in [-0.3, -0.25) is 9.89 Å². The van der Waals surface area contributed by atoms with Gasteiger partial charge in [0.15, 0.2) is 0 Å². The Morgan fingerprint density at radius 3 is 3.06 bits per heavy atom. The molecule has 1 aliphatic carbocycles. The Labute approximate surface area is 92.5 Å². The number of aryl methyl sites for hydroxylation is 2. The molecule has 0 saturated heterocycles. The van der Waals surface area contributed by atoms with Gasteiger partial charge in [0.05, 0.1) is 5.69 Å². The molecule has 0 fully saturated rings. The van der Waals surface area contributed by atoms with E-state index in [1.807, 2.05) is 0 Å². The molecule has 1 aliphatic rings. The summed E-state index contributed by atoms with van der Waals surface area (Å²) in [5, 5.41) is 3.03. The van der Waals surface area contributed by atoms with Crippen molar-refractivity contribution in [1.29, 1.82) is 0 Å². The molecule has 0 saturated carbocycles. The summed E-state index contributed by atoms with van der Waals surface area (Å²) in [6.45, 7) is 2.09. The van der Waals surface area contributed by atoms with Gasteiger partial charge in [-0.2, -0.15) is 9.50 Å². The quantitative estimate of drug-likeness (QED) is 0.813. The summed E-state index contributed by atoms with van der Waals surface area (Å²) in [6.07, 6.45) is 4.66. The van der Waals surface area contributed by atoms with E-state index in [1.165, 1.54) is 4.52 Å². The van der Waals surface area contributed by atoms with Gasteiger partial charge in [0.25, 0.3) is 11.3 Å². The van der Waals surface area contributed by atoms with Gasteiger partial charge in [-0.25, -0.2) is 4.98 Å². The lowest BCUT2D eigenvalue weighted by Gasteiger charge is -1.96. The molecule has 1 N–H and O–H groups in total. The fourth-order valence-electron chi connectivity index (χ4n) is 2.28. The first-order valence-electron chi connectivity index (χ1n) is 5.79. The number of nitrogens with zero attached hydrogens (tertiary/aromatic N) is 3. The zero-order valence-electron chi connectivity index (χ0n) is 9.29. The first-order valence-corrected chi connectivity index (χ1v) is 5.79. The van der Waals surface area contributed by atoms with Crippen LogP contribution in [0, 0.1) is 0 Å². The third-order valence-corrected chi connectivity index (χ3v) is 3.05. The van der Waals surface area contributed by atoms with Crippen LogP contribution in [0.25, 0.3) is 5.78 Å². The third kappa shape index (κ3) is 1.27. The Bertz CT molecular complexity index is 596. The number of aromatic amines is 1. The molecule has 2 aromatic rings. The van der Waals surface area contributed by atoms with Gasteiger partial charge in [0.2, 0.25) is 0 Å². The van der Waals surface area contributed by atoms with Crippen LogP contribution in [-0.2, 0) is 19.3 Å². The van der Waals surface area contributed by atoms with Crippen molar-refractivity contribution in [1.82, 2.24) is 19.6 Å². The molecule has 0 aromatic carbocycles. The Morgan fingerprint density at radius 2 is 2.25 bits per heavy atom. The SMILES string of the molecule is CCCc1nc2nc3c(c(=O)n2[nH]1)CCC3. The van der Waals surface area contributed by atoms with Crippen molar-refractivity contribution >= 4 is 5.78 Å². The van der Waals surface area contributed by atoms with Crippen LogP contribution in [0.3, 0.4) is 0 Å². The van der Waals surface area contributed by atoms with Gasteiger partial charge in [0.1, 0.15) is 5.82 Å². The third-order valence-electron chi connectivity index (χ3n) is 3.05. The Hall–Kier alpha value is -1.65. The highest BCUT2D eigenvalue weighted by Gasteiger charge is 2.19. The first kappa shape index (κ1) is 9.57. The van der Waals surface area contributed by atoms with E-state index in [4.69, 9.17) is 0 Å². The van der Waals surface area contributed by atoms with Gasteiger partial charge in [0, 0.05) is 12.0 Å². The fourth-order valence-corrected chi connectivity index (χ4v) is 2.28. The molecule has 0 bridgehead atoms. The molecule has 0 aliphatic heterocycles. The topological polar surface area (TPSA) is 63.1 Å². The molecule has 0 unspecified atom stereocenters. The molecule has 2 aromatic heterocycles. The molecule has 0 spiro atoms. The minimum absolute atomic E-state index is 0.0346. The minimum Gasteiger partial charge on any atom is -0.275 e. The monoisotopic (exact) mass is 218 g/mol. The van der Waals surface area contributed by atoms with E-state index in [0.29, 0.717) is 5.78 Å². The lowest BCUT2D eigenvalue weighted by molar-refractivity contribution is 0.799. The van der Waals surface area contributed by atoms with E-state index in [9.17, 15) is 4.79 Å². The molecular formula is C11H14N4O. The van der Waals surface area contributed by atoms with Crippen molar-refractivity contribution in [2.75, 3.05) is 0 Å². The van der Waals surface area contributed by atoms with Crippen molar-refractivity contribution in [2.45, 2.75) is 39.0 Å². The van der Waals surface area contributed by atoms with Crippen LogP contribution in [0.15, 0.2) is 4.79 Å². The second-order valence-corrected chi connectivity index (χ2v) is 4.25. The Morgan fingerprint density at radius 1 is 1.38 bits per heavy atom. The minimum atomic E-state index is 0.0346. The van der Waals surface area contributed by atoms with Crippen LogP contribution >= 0.6 is 0 Å². The lowest BCUT2D eigenvalue weighted by atomic mass is 10.3. The molecule has 16 heavy (non-hydrogen) atoms. The van der Waals surface area contributed by atoms with Crippen LogP contribution in [0.1, 0.15) is 36.8 Å². The molecule has 0 radical (unpaired) electrons. The molecular weight excluding hydrogens is 204 g/mol. The maximum atomic E-state index is 12.1. The van der Waals surface area contributed by atoms with Crippen molar-refractivity contribution in [3.8, 4) is 0 Å². The summed E-state index contributed by atoms with van der Waals surface area (Å²) in [6, 6.07) is 0. The number of nitrogens with one attached hydrogen (secondary N) is 1. The zero-order chi connectivity index (χ0) is 11.1. The summed E-state index contributed by atoms with van der Waals surface area (Å²) in [5.74, 6) is 1.37. The average molecular weight is 218 g/mol. The maximum absolute atomic E-state index is 12.1. The van der Waals surface area contributed by atoms with Crippen LogP contribution in [0.2, 0.25) is 0 Å². The van der Waals surface area contributed by atoms with E-state index < -0.39 is 0 Å². The Balaban J connectivity index is 2.25. The number of hydrogen-bond donors (Lipinski definition) is 1. The highest BCUT2D eigenvalue weighted by molar-refractivity contribution is 5.34. The normalized spacial score (nSPS) is 14.6. The lowest BCUT2D eigenvalue weighted by Crippen LogP contribution is -2.20. The average Bonchev–Trinajstić information content (AvgIpc) is 2.85. The van der Waals surface area contributed by atoms with Gasteiger partial charge >= 0.3 is 0 Å². The van der Waals surface area contributed by atoms with E-state index in [2.05, 4.69) is 22.0 Å². The molecule has 3 rings (SSSR count). The fraction of sp³-hybridized carbons (Fsp3) is 0.545. The highest BCUT2D eigenvalue weighted by Crippen LogP contribution is 2.16. The standard InChI is InChI=1S/C11H14N4O/c1-2-4-9-13-11-12-8-6-3-5-7(8)10(16)15(11)14-9/h2-6H2,1H3,(H,12,13,14). The van der Waals surface area contributed by atoms with Crippen LogP contribution in [0.4, 0.5) is 0 Å². The summed E-state index contributed by atoms with van der Waals surface area (Å²) in [5.41, 5.74) is 1.84. The highest BCUT2D eigenvalue weighted by atomic mass is 16.1. The molecule has 0 amide bonds. The molecule has 84 valence electrons. The van der Waals surface area contributed by atoms with Crippen molar-refractivity contribution < 1.29 is 0 Å². The maximum Gasteiger partial charge on any atom is 0.277 e. The molecule has 2 heterocycles. The number of aromatic nitrogens is 4. The van der Waals surface area contributed by atoms with E-state index in [1.54, 1.807) is 0 Å². The number of rotatable bonds is 2. The van der Waals surface area contributed by atoms with Gasteiger partial charge < -0.3 is 0 Å². The van der Waals surface area contributed by atoms with Gasteiger partial charge in [-0.15, -0.1) is 0 Å². The second-order valence-electron chi connectivity index (χ2n) is 4.25. The van der Waals surface area contributed by atoms with E-state index in [-0.39, 0.29) is 5.56 Å². The summed E-state index contributed by atoms with van der Waals surface area (Å²) < 4.78 is 1.48. The smallest absolute Gasteiger partial charge is 0.275 e. The molecule has 5 heteroatoms. The number of hydrogen-bond acceptors (Lipinski definition) is 3.